The van der Waals surface area contributed by atoms with Crippen molar-refractivity contribution in [1.82, 2.24) is 25.2 Å². The molecule has 0 aliphatic carbocycles. The number of ether oxygens (including phenoxy) is 1. The van der Waals surface area contributed by atoms with Crippen LogP contribution in [0.15, 0.2) is 72.4 Å². The SMILES string of the molecule is CN=C(NCc1ccc(-n2ccnc2)nc1)NCC(C)COCc1ccccc1.I. The maximum Gasteiger partial charge on any atom is 0.191 e. The molecule has 30 heavy (non-hydrogen) atoms. The molecule has 2 N–H and O–H groups in total. The average molecular weight is 520 g/mol. The molecule has 8 heteroatoms. The summed E-state index contributed by atoms with van der Waals surface area (Å²) in [5, 5.41) is 6.66. The third-order valence-corrected chi connectivity index (χ3v) is 4.39. The van der Waals surface area contributed by atoms with Gasteiger partial charge in [-0.1, -0.05) is 43.3 Å². The second-order valence-electron chi connectivity index (χ2n) is 6.91. The van der Waals surface area contributed by atoms with Crippen LogP contribution in [0.1, 0.15) is 18.1 Å². The minimum atomic E-state index is 0. The smallest absolute Gasteiger partial charge is 0.191 e. The first-order chi connectivity index (χ1) is 14.2. The lowest BCUT2D eigenvalue weighted by atomic mass is 10.2. The summed E-state index contributed by atoms with van der Waals surface area (Å²) in [5.41, 5.74) is 2.27. The predicted octanol–water partition coefficient (Wildman–Crippen LogP) is 3.40. The van der Waals surface area contributed by atoms with Crippen LogP contribution in [0.4, 0.5) is 0 Å². The van der Waals surface area contributed by atoms with Gasteiger partial charge in [-0.05, 0) is 23.1 Å². The maximum absolute atomic E-state index is 5.80. The predicted molar refractivity (Wildman–Crippen MR) is 130 cm³/mol. The summed E-state index contributed by atoms with van der Waals surface area (Å²) in [4.78, 5) is 12.8. The van der Waals surface area contributed by atoms with Gasteiger partial charge in [-0.25, -0.2) is 9.97 Å². The molecule has 160 valence electrons. The first kappa shape index (κ1) is 23.8. The second kappa shape index (κ2) is 13.0. The van der Waals surface area contributed by atoms with Crippen molar-refractivity contribution >= 4 is 29.9 Å². The van der Waals surface area contributed by atoms with Gasteiger partial charge in [-0.3, -0.25) is 9.56 Å². The molecule has 0 aliphatic rings. The second-order valence-corrected chi connectivity index (χ2v) is 6.91. The Morgan fingerprint density at radius 2 is 1.97 bits per heavy atom. The number of aliphatic imine (C=N–C) groups is 1. The Bertz CT molecular complexity index is 868. The fourth-order valence-electron chi connectivity index (χ4n) is 2.76. The largest absolute Gasteiger partial charge is 0.376 e. The van der Waals surface area contributed by atoms with E-state index < -0.39 is 0 Å². The van der Waals surface area contributed by atoms with Crippen molar-refractivity contribution in [3.05, 3.63) is 78.5 Å². The summed E-state index contributed by atoms with van der Waals surface area (Å²) < 4.78 is 7.68. The monoisotopic (exact) mass is 520 g/mol. The van der Waals surface area contributed by atoms with E-state index in [4.69, 9.17) is 4.74 Å². The van der Waals surface area contributed by atoms with Crippen LogP contribution in [0.25, 0.3) is 5.82 Å². The number of pyridine rings is 1. The average Bonchev–Trinajstić information content (AvgIpc) is 3.30. The Hall–Kier alpha value is -2.46. The van der Waals surface area contributed by atoms with Crippen LogP contribution in [0.3, 0.4) is 0 Å². The number of rotatable bonds is 9. The fraction of sp³-hybridized carbons (Fsp3) is 0.318. The fourth-order valence-corrected chi connectivity index (χ4v) is 2.76. The molecule has 0 saturated carbocycles. The molecule has 0 radical (unpaired) electrons. The Balaban J connectivity index is 0.00000320. The van der Waals surface area contributed by atoms with Crippen molar-refractivity contribution in [2.75, 3.05) is 20.2 Å². The molecule has 3 rings (SSSR count). The number of hydrogen-bond acceptors (Lipinski definition) is 4. The van der Waals surface area contributed by atoms with E-state index in [-0.39, 0.29) is 24.0 Å². The van der Waals surface area contributed by atoms with Crippen LogP contribution in [0.2, 0.25) is 0 Å². The van der Waals surface area contributed by atoms with E-state index in [0.29, 0.717) is 25.7 Å². The van der Waals surface area contributed by atoms with Gasteiger partial charge in [-0.15, -0.1) is 24.0 Å². The minimum Gasteiger partial charge on any atom is -0.376 e. The van der Waals surface area contributed by atoms with E-state index in [0.717, 1.165) is 23.9 Å². The zero-order valence-electron chi connectivity index (χ0n) is 17.4. The molecule has 0 saturated heterocycles. The Morgan fingerprint density at radius 1 is 1.13 bits per heavy atom. The lowest BCUT2D eigenvalue weighted by Gasteiger charge is -2.16. The first-order valence-electron chi connectivity index (χ1n) is 9.74. The summed E-state index contributed by atoms with van der Waals surface area (Å²) in [6.45, 7) is 4.92. The van der Waals surface area contributed by atoms with E-state index >= 15 is 0 Å². The molecular formula is C22H29IN6O. The number of hydrogen-bond donors (Lipinski definition) is 2. The van der Waals surface area contributed by atoms with Crippen molar-refractivity contribution in [3.8, 4) is 5.82 Å². The lowest BCUT2D eigenvalue weighted by molar-refractivity contribution is 0.0931. The highest BCUT2D eigenvalue weighted by molar-refractivity contribution is 14.0. The molecule has 1 atom stereocenters. The van der Waals surface area contributed by atoms with Crippen LogP contribution in [-0.2, 0) is 17.9 Å². The molecule has 2 heterocycles. The molecule has 0 bridgehead atoms. The summed E-state index contributed by atoms with van der Waals surface area (Å²) in [6.07, 6.45) is 7.20. The van der Waals surface area contributed by atoms with Crippen molar-refractivity contribution < 1.29 is 4.74 Å². The number of aromatic nitrogens is 3. The number of guanidine groups is 1. The van der Waals surface area contributed by atoms with E-state index in [2.05, 4.69) is 44.7 Å². The molecular weight excluding hydrogens is 491 g/mol. The van der Waals surface area contributed by atoms with Crippen molar-refractivity contribution in [2.24, 2.45) is 10.9 Å². The summed E-state index contributed by atoms with van der Waals surface area (Å²) >= 11 is 0. The number of nitrogens with zero attached hydrogens (tertiary/aromatic N) is 4. The van der Waals surface area contributed by atoms with E-state index in [9.17, 15) is 0 Å². The van der Waals surface area contributed by atoms with Gasteiger partial charge >= 0.3 is 0 Å². The quantitative estimate of drug-likeness (QED) is 0.257. The minimum absolute atomic E-state index is 0. The number of halogens is 1. The molecule has 2 aromatic heterocycles. The molecule has 7 nitrogen and oxygen atoms in total. The van der Waals surface area contributed by atoms with Gasteiger partial charge in [0.2, 0.25) is 0 Å². The van der Waals surface area contributed by atoms with Gasteiger partial charge in [0.25, 0.3) is 0 Å². The Kier molecular flexibility index (Phi) is 10.3. The third kappa shape index (κ3) is 7.75. The number of imidazole rings is 1. The van der Waals surface area contributed by atoms with E-state index in [1.807, 2.05) is 47.3 Å². The third-order valence-electron chi connectivity index (χ3n) is 4.39. The van der Waals surface area contributed by atoms with Crippen molar-refractivity contribution in [3.63, 3.8) is 0 Å². The normalized spacial score (nSPS) is 12.1. The highest BCUT2D eigenvalue weighted by Crippen LogP contribution is 2.05. The molecule has 0 aliphatic heterocycles. The van der Waals surface area contributed by atoms with Crippen LogP contribution in [-0.4, -0.2) is 40.7 Å². The molecule has 0 fully saturated rings. The number of benzene rings is 1. The van der Waals surface area contributed by atoms with Gasteiger partial charge < -0.3 is 15.4 Å². The highest BCUT2D eigenvalue weighted by atomic mass is 127. The Morgan fingerprint density at radius 3 is 2.63 bits per heavy atom. The summed E-state index contributed by atoms with van der Waals surface area (Å²) in [7, 11) is 1.77. The lowest BCUT2D eigenvalue weighted by Crippen LogP contribution is -2.39. The molecule has 0 amide bonds. The van der Waals surface area contributed by atoms with Gasteiger partial charge in [0, 0.05) is 38.7 Å². The topological polar surface area (TPSA) is 76.4 Å². The van der Waals surface area contributed by atoms with Gasteiger partial charge in [-0.2, -0.15) is 0 Å². The van der Waals surface area contributed by atoms with Crippen LogP contribution >= 0.6 is 24.0 Å². The van der Waals surface area contributed by atoms with Crippen LogP contribution in [0.5, 0.6) is 0 Å². The molecule has 1 unspecified atom stereocenters. The van der Waals surface area contributed by atoms with Gasteiger partial charge in [0.15, 0.2) is 5.96 Å². The summed E-state index contributed by atoms with van der Waals surface area (Å²) in [6, 6.07) is 14.2. The molecule has 1 aromatic carbocycles. The highest BCUT2D eigenvalue weighted by Gasteiger charge is 2.05. The van der Waals surface area contributed by atoms with Crippen molar-refractivity contribution in [2.45, 2.75) is 20.1 Å². The van der Waals surface area contributed by atoms with E-state index in [1.54, 1.807) is 19.6 Å². The Labute approximate surface area is 195 Å². The van der Waals surface area contributed by atoms with E-state index in [1.165, 1.54) is 5.56 Å². The van der Waals surface area contributed by atoms with Gasteiger partial charge in [0.05, 0.1) is 13.2 Å². The van der Waals surface area contributed by atoms with Crippen molar-refractivity contribution in [1.29, 1.82) is 0 Å². The van der Waals surface area contributed by atoms with Gasteiger partial charge in [0.1, 0.15) is 12.1 Å². The summed E-state index contributed by atoms with van der Waals surface area (Å²) in [5.74, 6) is 1.98. The van der Waals surface area contributed by atoms with Crippen LogP contribution < -0.4 is 10.6 Å². The number of nitrogens with one attached hydrogen (secondary N) is 2. The zero-order chi connectivity index (χ0) is 20.3. The van der Waals surface area contributed by atoms with Crippen LogP contribution in [0, 0.1) is 5.92 Å². The molecule has 0 spiro atoms. The standard InChI is InChI=1S/C22H28N6O.HI/c1-18(15-29-16-19-6-4-3-5-7-19)12-26-22(23-2)27-14-20-8-9-21(25-13-20)28-11-10-24-17-28;/h3-11,13,17-18H,12,14-16H2,1-2H3,(H2,23,26,27);1H. The maximum atomic E-state index is 5.80. The zero-order valence-corrected chi connectivity index (χ0v) is 19.7. The molecule has 3 aromatic rings. The first-order valence-corrected chi connectivity index (χ1v) is 9.74.